The second-order valence-corrected chi connectivity index (χ2v) is 5.76. The van der Waals surface area contributed by atoms with Crippen LogP contribution in [0.2, 0.25) is 0 Å². The van der Waals surface area contributed by atoms with E-state index in [2.05, 4.69) is 62.8 Å². The van der Waals surface area contributed by atoms with E-state index in [9.17, 15) is 0 Å². The van der Waals surface area contributed by atoms with Gasteiger partial charge >= 0.3 is 0 Å². The minimum atomic E-state index is -0.0174. The van der Waals surface area contributed by atoms with Gasteiger partial charge in [0.25, 0.3) is 0 Å². The second-order valence-electron chi connectivity index (χ2n) is 5.76. The molecule has 0 spiro atoms. The molecule has 1 N–H and O–H groups in total. The third-order valence-corrected chi connectivity index (χ3v) is 3.78. The summed E-state index contributed by atoms with van der Waals surface area (Å²) in [7, 11) is 4.09. The van der Waals surface area contributed by atoms with Gasteiger partial charge in [-0.2, -0.15) is 0 Å². The van der Waals surface area contributed by atoms with Crippen LogP contribution in [0.4, 0.5) is 0 Å². The summed E-state index contributed by atoms with van der Waals surface area (Å²) in [6.45, 7) is 8.74. The number of nitrogens with one attached hydrogen (secondary N) is 1. The van der Waals surface area contributed by atoms with Crippen LogP contribution in [-0.4, -0.2) is 16.6 Å². The van der Waals surface area contributed by atoms with Crippen molar-refractivity contribution in [3.8, 4) is 0 Å². The summed E-state index contributed by atoms with van der Waals surface area (Å²) in [5.74, 6) is 1.59. The normalized spacial score (nSPS) is 12.6. The molecular formula is C15H23N3. The van der Waals surface area contributed by atoms with Crippen molar-refractivity contribution >= 4 is 11.0 Å². The number of aromatic nitrogens is 2. The molecule has 0 saturated carbocycles. The van der Waals surface area contributed by atoms with E-state index in [0.717, 1.165) is 11.3 Å². The minimum Gasteiger partial charge on any atom is -0.331 e. The molecule has 0 saturated heterocycles. The molecule has 0 amide bonds. The van der Waals surface area contributed by atoms with Crippen molar-refractivity contribution < 1.29 is 0 Å². The lowest BCUT2D eigenvalue weighted by molar-refractivity contribution is 0.445. The van der Waals surface area contributed by atoms with E-state index in [4.69, 9.17) is 4.98 Å². The van der Waals surface area contributed by atoms with Gasteiger partial charge in [0.05, 0.1) is 11.0 Å². The summed E-state index contributed by atoms with van der Waals surface area (Å²) >= 11 is 0. The van der Waals surface area contributed by atoms with Gasteiger partial charge in [-0.1, -0.05) is 19.9 Å². The van der Waals surface area contributed by atoms with Crippen LogP contribution in [0.1, 0.15) is 45.0 Å². The monoisotopic (exact) mass is 245 g/mol. The smallest absolute Gasteiger partial charge is 0.112 e. The lowest BCUT2D eigenvalue weighted by atomic mass is 9.94. The van der Waals surface area contributed by atoms with E-state index in [1.54, 1.807) is 0 Å². The lowest BCUT2D eigenvalue weighted by Crippen LogP contribution is -2.33. The van der Waals surface area contributed by atoms with Crippen molar-refractivity contribution in [2.45, 2.75) is 39.2 Å². The van der Waals surface area contributed by atoms with Crippen molar-refractivity contribution in [2.75, 3.05) is 7.05 Å². The fourth-order valence-electron chi connectivity index (χ4n) is 2.26. The number of benzene rings is 1. The molecule has 0 aliphatic carbocycles. The van der Waals surface area contributed by atoms with Gasteiger partial charge < -0.3 is 9.88 Å². The Morgan fingerprint density at radius 1 is 1.28 bits per heavy atom. The van der Waals surface area contributed by atoms with Crippen LogP contribution < -0.4 is 5.32 Å². The van der Waals surface area contributed by atoms with Crippen LogP contribution in [0, 0.1) is 0 Å². The summed E-state index contributed by atoms with van der Waals surface area (Å²) in [5.41, 5.74) is 3.56. The molecule has 18 heavy (non-hydrogen) atoms. The number of rotatable bonds is 3. The maximum Gasteiger partial charge on any atom is 0.112 e. The van der Waals surface area contributed by atoms with E-state index in [-0.39, 0.29) is 5.54 Å². The van der Waals surface area contributed by atoms with Gasteiger partial charge in [0, 0.05) is 18.5 Å². The fourth-order valence-corrected chi connectivity index (χ4v) is 2.26. The van der Waals surface area contributed by atoms with Gasteiger partial charge in [-0.3, -0.25) is 0 Å². The first-order valence-corrected chi connectivity index (χ1v) is 6.52. The highest BCUT2D eigenvalue weighted by atomic mass is 15.1. The summed E-state index contributed by atoms with van der Waals surface area (Å²) in [6.07, 6.45) is 0. The van der Waals surface area contributed by atoms with Gasteiger partial charge in [0.15, 0.2) is 0 Å². The Kier molecular flexibility index (Phi) is 3.20. The predicted molar refractivity (Wildman–Crippen MR) is 76.9 cm³/mol. The molecule has 0 unspecified atom stereocenters. The summed E-state index contributed by atoms with van der Waals surface area (Å²) in [6, 6.07) is 6.52. The molecule has 0 bridgehead atoms. The third kappa shape index (κ3) is 2.03. The Bertz CT molecular complexity index is 564. The molecular weight excluding hydrogens is 222 g/mol. The Labute approximate surface area is 109 Å². The number of hydrogen-bond acceptors (Lipinski definition) is 2. The third-order valence-electron chi connectivity index (χ3n) is 3.78. The van der Waals surface area contributed by atoms with Crippen LogP contribution >= 0.6 is 0 Å². The number of fused-ring (bicyclic) bond motifs is 1. The molecule has 2 rings (SSSR count). The van der Waals surface area contributed by atoms with E-state index in [1.807, 2.05) is 7.05 Å². The standard InChI is InChI=1S/C15H23N3/c1-10(2)14-17-12-8-7-11(15(3,4)16-5)9-13(12)18(14)6/h7-10,16H,1-6H3. The molecule has 0 aliphatic rings. The minimum absolute atomic E-state index is 0.0174. The highest BCUT2D eigenvalue weighted by Gasteiger charge is 2.19. The Balaban J connectivity index is 2.62. The molecule has 0 fully saturated rings. The Morgan fingerprint density at radius 2 is 1.94 bits per heavy atom. The highest BCUT2D eigenvalue weighted by molar-refractivity contribution is 5.77. The van der Waals surface area contributed by atoms with Crippen molar-refractivity contribution in [3.05, 3.63) is 29.6 Å². The number of imidazole rings is 1. The molecule has 98 valence electrons. The van der Waals surface area contributed by atoms with Crippen molar-refractivity contribution in [1.82, 2.24) is 14.9 Å². The zero-order chi connectivity index (χ0) is 13.5. The maximum absolute atomic E-state index is 4.70. The van der Waals surface area contributed by atoms with Crippen LogP contribution in [0.25, 0.3) is 11.0 Å². The first-order valence-electron chi connectivity index (χ1n) is 6.52. The molecule has 0 aliphatic heterocycles. The molecule has 3 heteroatoms. The zero-order valence-electron chi connectivity index (χ0n) is 12.2. The van der Waals surface area contributed by atoms with E-state index < -0.39 is 0 Å². The van der Waals surface area contributed by atoms with Gasteiger partial charge in [0.2, 0.25) is 0 Å². The van der Waals surface area contributed by atoms with Gasteiger partial charge in [-0.25, -0.2) is 4.98 Å². The Morgan fingerprint density at radius 3 is 2.50 bits per heavy atom. The average molecular weight is 245 g/mol. The lowest BCUT2D eigenvalue weighted by Gasteiger charge is -2.24. The maximum atomic E-state index is 4.70. The first kappa shape index (κ1) is 13.1. The van der Waals surface area contributed by atoms with Gasteiger partial charge in [-0.05, 0) is 38.6 Å². The SMILES string of the molecule is CNC(C)(C)c1ccc2nc(C(C)C)n(C)c2c1. The van der Waals surface area contributed by atoms with Crippen molar-refractivity contribution in [3.63, 3.8) is 0 Å². The molecule has 1 aromatic carbocycles. The topological polar surface area (TPSA) is 29.9 Å². The second kappa shape index (κ2) is 4.39. The van der Waals surface area contributed by atoms with Gasteiger partial charge in [-0.15, -0.1) is 0 Å². The summed E-state index contributed by atoms with van der Waals surface area (Å²) in [5, 5.41) is 3.34. The van der Waals surface area contributed by atoms with E-state index in [0.29, 0.717) is 5.92 Å². The van der Waals surface area contributed by atoms with Crippen LogP contribution in [0.3, 0.4) is 0 Å². The largest absolute Gasteiger partial charge is 0.331 e. The molecule has 3 nitrogen and oxygen atoms in total. The average Bonchev–Trinajstić information content (AvgIpc) is 2.66. The summed E-state index contributed by atoms with van der Waals surface area (Å²) < 4.78 is 2.20. The molecule has 0 radical (unpaired) electrons. The van der Waals surface area contributed by atoms with E-state index in [1.165, 1.54) is 11.1 Å². The molecule has 1 aromatic heterocycles. The van der Waals surface area contributed by atoms with Crippen LogP contribution in [-0.2, 0) is 12.6 Å². The number of aryl methyl sites for hydroxylation is 1. The quantitative estimate of drug-likeness (QED) is 0.900. The number of nitrogens with zero attached hydrogens (tertiary/aromatic N) is 2. The molecule has 2 aromatic rings. The Hall–Kier alpha value is -1.35. The van der Waals surface area contributed by atoms with Crippen molar-refractivity contribution in [1.29, 1.82) is 0 Å². The molecule has 0 atom stereocenters. The fraction of sp³-hybridized carbons (Fsp3) is 0.533. The summed E-state index contributed by atoms with van der Waals surface area (Å²) in [4.78, 5) is 4.70. The van der Waals surface area contributed by atoms with Crippen LogP contribution in [0.15, 0.2) is 18.2 Å². The van der Waals surface area contributed by atoms with Crippen molar-refractivity contribution in [2.24, 2.45) is 7.05 Å². The van der Waals surface area contributed by atoms with Gasteiger partial charge in [0.1, 0.15) is 5.82 Å². The number of hydrogen-bond donors (Lipinski definition) is 1. The zero-order valence-corrected chi connectivity index (χ0v) is 12.2. The highest BCUT2D eigenvalue weighted by Crippen LogP contribution is 2.26. The van der Waals surface area contributed by atoms with Crippen LogP contribution in [0.5, 0.6) is 0 Å². The molecule has 1 heterocycles. The van der Waals surface area contributed by atoms with E-state index >= 15 is 0 Å². The predicted octanol–water partition coefficient (Wildman–Crippen LogP) is 3.15. The first-order chi connectivity index (χ1) is 8.36.